The number of halogens is 1. The van der Waals surface area contributed by atoms with Gasteiger partial charge in [-0.05, 0) is 79.0 Å². The molecule has 0 radical (unpaired) electrons. The van der Waals surface area contributed by atoms with Crippen molar-refractivity contribution in [3.05, 3.63) is 155 Å². The molecule has 7 nitrogen and oxygen atoms in total. The van der Waals surface area contributed by atoms with E-state index in [2.05, 4.69) is 31.9 Å². The van der Waals surface area contributed by atoms with Gasteiger partial charge in [0, 0.05) is 43.3 Å². The highest BCUT2D eigenvalue weighted by Crippen LogP contribution is 2.29. The van der Waals surface area contributed by atoms with Gasteiger partial charge in [0.2, 0.25) is 5.91 Å². The van der Waals surface area contributed by atoms with Crippen LogP contribution in [0.5, 0.6) is 0 Å². The summed E-state index contributed by atoms with van der Waals surface area (Å²) in [6, 6.07) is 40.8. The molecule has 0 bridgehead atoms. The number of hydrogen-bond donors (Lipinski definition) is 3. The molecular formula is C39H30BrN3O4S. The van der Waals surface area contributed by atoms with Gasteiger partial charge in [-0.15, -0.1) is 11.8 Å². The Hall–Kier alpha value is -5.38. The number of nitrogens with one attached hydrogen (secondary N) is 3. The van der Waals surface area contributed by atoms with Crippen molar-refractivity contribution in [3.8, 4) is 11.3 Å². The molecule has 0 aliphatic carbocycles. The van der Waals surface area contributed by atoms with Crippen molar-refractivity contribution in [2.24, 2.45) is 0 Å². The average Bonchev–Trinajstić information content (AvgIpc) is 3.58. The van der Waals surface area contributed by atoms with E-state index in [1.54, 1.807) is 42.5 Å². The van der Waals surface area contributed by atoms with Crippen LogP contribution in [0.15, 0.2) is 153 Å². The second-order valence-electron chi connectivity index (χ2n) is 10.8. The Morgan fingerprint density at radius 2 is 1.46 bits per heavy atom. The van der Waals surface area contributed by atoms with Crippen molar-refractivity contribution in [3.63, 3.8) is 0 Å². The number of benzene rings is 5. The molecule has 0 aliphatic rings. The van der Waals surface area contributed by atoms with Gasteiger partial charge in [-0.25, -0.2) is 0 Å². The van der Waals surface area contributed by atoms with Crippen molar-refractivity contribution in [2.75, 3.05) is 10.6 Å². The maximum atomic E-state index is 13.5. The maximum absolute atomic E-state index is 13.5. The third-order valence-electron chi connectivity index (χ3n) is 7.41. The van der Waals surface area contributed by atoms with Gasteiger partial charge < -0.3 is 20.4 Å². The smallest absolute Gasteiger partial charge is 0.272 e. The molecule has 0 saturated heterocycles. The topological polar surface area (TPSA) is 100 Å². The first-order valence-electron chi connectivity index (χ1n) is 15.1. The van der Waals surface area contributed by atoms with Gasteiger partial charge in [0.1, 0.15) is 17.2 Å². The second-order valence-corrected chi connectivity index (χ2v) is 13.2. The summed E-state index contributed by atoms with van der Waals surface area (Å²) in [6.07, 6.45) is 1.50. The van der Waals surface area contributed by atoms with Crippen LogP contribution in [-0.2, 0) is 9.59 Å². The number of carbonyl (C=O) groups is 3. The zero-order valence-corrected chi connectivity index (χ0v) is 28.2. The van der Waals surface area contributed by atoms with E-state index in [0.29, 0.717) is 22.8 Å². The third kappa shape index (κ3) is 8.12. The van der Waals surface area contributed by atoms with Gasteiger partial charge in [-0.3, -0.25) is 14.4 Å². The Kier molecular flexibility index (Phi) is 10.2. The number of anilines is 2. The number of fused-ring (bicyclic) bond motifs is 1. The van der Waals surface area contributed by atoms with E-state index in [4.69, 9.17) is 4.42 Å². The molecule has 6 aromatic rings. The summed E-state index contributed by atoms with van der Waals surface area (Å²) >= 11 is 4.85. The number of carbonyl (C=O) groups excluding carboxylic acids is 3. The van der Waals surface area contributed by atoms with Crippen molar-refractivity contribution in [1.82, 2.24) is 5.32 Å². The summed E-state index contributed by atoms with van der Waals surface area (Å²) in [6.45, 7) is 1.85. The van der Waals surface area contributed by atoms with E-state index >= 15 is 0 Å². The predicted molar refractivity (Wildman–Crippen MR) is 197 cm³/mol. The van der Waals surface area contributed by atoms with Gasteiger partial charge in [-0.1, -0.05) is 82.7 Å². The number of furan rings is 1. The number of thioether (sulfide) groups is 1. The van der Waals surface area contributed by atoms with Crippen molar-refractivity contribution in [1.29, 1.82) is 0 Å². The number of hydrogen-bond acceptors (Lipinski definition) is 5. The lowest BCUT2D eigenvalue weighted by Gasteiger charge is -2.14. The molecule has 1 unspecified atom stereocenters. The highest BCUT2D eigenvalue weighted by molar-refractivity contribution is 9.10. The van der Waals surface area contributed by atoms with Crippen LogP contribution >= 0.6 is 27.7 Å². The van der Waals surface area contributed by atoms with E-state index in [1.165, 1.54) is 17.8 Å². The van der Waals surface area contributed by atoms with Crippen LogP contribution < -0.4 is 16.0 Å². The minimum absolute atomic E-state index is 0.0118. The molecule has 238 valence electrons. The monoisotopic (exact) mass is 715 g/mol. The molecular weight excluding hydrogens is 686 g/mol. The number of rotatable bonds is 10. The minimum Gasteiger partial charge on any atom is -0.457 e. The molecule has 9 heteroatoms. The maximum Gasteiger partial charge on any atom is 0.272 e. The molecule has 48 heavy (non-hydrogen) atoms. The van der Waals surface area contributed by atoms with Gasteiger partial charge >= 0.3 is 0 Å². The molecule has 5 aromatic carbocycles. The van der Waals surface area contributed by atoms with E-state index < -0.39 is 11.8 Å². The minimum atomic E-state index is -0.524. The predicted octanol–water partition coefficient (Wildman–Crippen LogP) is 9.39. The van der Waals surface area contributed by atoms with Gasteiger partial charge in [0.25, 0.3) is 11.8 Å². The molecule has 0 spiro atoms. The van der Waals surface area contributed by atoms with Crippen molar-refractivity contribution < 1.29 is 18.8 Å². The van der Waals surface area contributed by atoms with Crippen LogP contribution in [0.1, 0.15) is 23.0 Å². The van der Waals surface area contributed by atoms with Crippen molar-refractivity contribution >= 4 is 73.6 Å². The first-order chi connectivity index (χ1) is 23.3. The van der Waals surface area contributed by atoms with E-state index in [9.17, 15) is 14.4 Å². The quantitative estimate of drug-likeness (QED) is 0.0970. The third-order valence-corrected chi connectivity index (χ3v) is 9.05. The Balaban J connectivity index is 1.14. The summed E-state index contributed by atoms with van der Waals surface area (Å²) in [4.78, 5) is 40.5. The molecule has 0 aliphatic heterocycles. The van der Waals surface area contributed by atoms with Crippen LogP contribution in [0.4, 0.5) is 11.4 Å². The summed E-state index contributed by atoms with van der Waals surface area (Å²) in [7, 11) is 0. The highest BCUT2D eigenvalue weighted by atomic mass is 79.9. The van der Waals surface area contributed by atoms with Crippen LogP contribution in [0.2, 0.25) is 0 Å². The van der Waals surface area contributed by atoms with Crippen LogP contribution in [0.3, 0.4) is 0 Å². The Morgan fingerprint density at radius 1 is 0.750 bits per heavy atom. The van der Waals surface area contributed by atoms with Crippen LogP contribution in [0, 0.1) is 0 Å². The highest BCUT2D eigenvalue weighted by Gasteiger charge is 2.18. The van der Waals surface area contributed by atoms with Crippen LogP contribution in [0.25, 0.3) is 28.2 Å². The zero-order valence-electron chi connectivity index (χ0n) is 25.8. The van der Waals surface area contributed by atoms with Gasteiger partial charge in [-0.2, -0.15) is 0 Å². The fourth-order valence-electron chi connectivity index (χ4n) is 4.93. The first kappa shape index (κ1) is 32.6. The summed E-state index contributed by atoms with van der Waals surface area (Å²) in [5, 5.41) is 10.3. The molecule has 1 aromatic heterocycles. The lowest BCUT2D eigenvalue weighted by molar-refractivity contribution is -0.115. The lowest BCUT2D eigenvalue weighted by atomic mass is 10.1. The van der Waals surface area contributed by atoms with E-state index in [1.807, 2.05) is 97.9 Å². The molecule has 1 heterocycles. The van der Waals surface area contributed by atoms with Crippen LogP contribution in [-0.4, -0.2) is 23.0 Å². The Labute approximate surface area is 290 Å². The van der Waals surface area contributed by atoms with Crippen molar-refractivity contribution in [2.45, 2.75) is 17.1 Å². The molecule has 3 amide bonds. The Bertz CT molecular complexity index is 2100. The molecule has 3 N–H and O–H groups in total. The normalized spacial score (nSPS) is 11.9. The largest absolute Gasteiger partial charge is 0.457 e. The summed E-state index contributed by atoms with van der Waals surface area (Å²) < 4.78 is 6.95. The molecule has 1 atom stereocenters. The fourth-order valence-corrected chi connectivity index (χ4v) is 6.06. The van der Waals surface area contributed by atoms with Gasteiger partial charge in [0.15, 0.2) is 0 Å². The zero-order chi connectivity index (χ0) is 33.5. The van der Waals surface area contributed by atoms with E-state index in [-0.39, 0.29) is 16.9 Å². The number of amides is 3. The molecule has 0 fully saturated rings. The Morgan fingerprint density at radius 3 is 2.23 bits per heavy atom. The molecule has 6 rings (SSSR count). The fraction of sp³-hybridized carbons (Fsp3) is 0.0513. The summed E-state index contributed by atoms with van der Waals surface area (Å²) in [5.41, 5.74) is 2.58. The average molecular weight is 717 g/mol. The SMILES string of the molecule is CC(Sc1ccc(NC(=O)/C(=C/c2ccc(-c3ccc(Br)cc3)o2)NC(=O)c2ccccc2)cc1)C(=O)Nc1cccc2ccccc12. The second kappa shape index (κ2) is 15.0. The lowest BCUT2D eigenvalue weighted by Crippen LogP contribution is -2.30. The van der Waals surface area contributed by atoms with E-state index in [0.717, 1.165) is 31.4 Å². The standard InChI is InChI=1S/C39H30BrN3O4S/c1-25(37(44)42-34-13-7-11-26-8-5-6-12-33(26)34)48-32-21-18-30(19-22-32)41-39(46)35(43-38(45)28-9-3-2-4-10-28)24-31-20-23-36(47-31)27-14-16-29(40)17-15-27/h2-25H,1H3,(H,41,46)(H,42,44)(H,43,45)/b35-24-. The first-order valence-corrected chi connectivity index (χ1v) is 16.8. The summed E-state index contributed by atoms with van der Waals surface area (Å²) in [5.74, 6) is -0.0489. The van der Waals surface area contributed by atoms with Gasteiger partial charge in [0.05, 0.1) is 5.25 Å². The molecule has 0 saturated carbocycles.